The number of allylic oxidation sites excluding steroid dienone is 1. The number of nitrogens with zero attached hydrogens (tertiary/aromatic N) is 2. The molecule has 1 aliphatic rings. The maximum atomic E-state index is 12.6. The highest BCUT2D eigenvalue weighted by Gasteiger charge is 2.13. The molecule has 1 aromatic carbocycles. The van der Waals surface area contributed by atoms with Gasteiger partial charge in [0.15, 0.2) is 0 Å². The Balaban J connectivity index is 1.67. The summed E-state index contributed by atoms with van der Waals surface area (Å²) in [7, 11) is 3.18. The number of carbonyl (C=O) groups is 1. The number of hydrogen-bond donors (Lipinski definition) is 2. The molecule has 0 saturated carbocycles. The molecular formula is C22H28N4O3. The summed E-state index contributed by atoms with van der Waals surface area (Å²) in [4.78, 5) is 21.3. The van der Waals surface area contributed by atoms with E-state index in [0.717, 1.165) is 19.3 Å². The molecule has 154 valence electrons. The number of rotatable bonds is 8. The summed E-state index contributed by atoms with van der Waals surface area (Å²) in [6.07, 6.45) is 8.00. The highest BCUT2D eigenvalue weighted by atomic mass is 16.5. The van der Waals surface area contributed by atoms with E-state index in [1.165, 1.54) is 18.4 Å². The Labute approximate surface area is 171 Å². The van der Waals surface area contributed by atoms with Crippen molar-refractivity contribution in [3.63, 3.8) is 0 Å². The van der Waals surface area contributed by atoms with Crippen LogP contribution in [0.25, 0.3) is 0 Å². The molecule has 29 heavy (non-hydrogen) atoms. The van der Waals surface area contributed by atoms with E-state index in [2.05, 4.69) is 26.7 Å². The zero-order valence-electron chi connectivity index (χ0n) is 17.2. The zero-order valence-corrected chi connectivity index (χ0v) is 17.2. The fourth-order valence-corrected chi connectivity index (χ4v) is 3.32. The summed E-state index contributed by atoms with van der Waals surface area (Å²) in [6.45, 7) is 2.45. The summed E-state index contributed by atoms with van der Waals surface area (Å²) >= 11 is 0. The maximum absolute atomic E-state index is 12.6. The Kier molecular flexibility index (Phi) is 7.05. The molecule has 0 saturated heterocycles. The van der Waals surface area contributed by atoms with Gasteiger partial charge in [-0.1, -0.05) is 11.6 Å². The zero-order chi connectivity index (χ0) is 20.6. The summed E-state index contributed by atoms with van der Waals surface area (Å²) in [5.41, 5.74) is 3.17. The first-order valence-electron chi connectivity index (χ1n) is 9.90. The van der Waals surface area contributed by atoms with Crippen LogP contribution in [0.15, 0.2) is 35.9 Å². The van der Waals surface area contributed by atoms with Crippen LogP contribution in [0.2, 0.25) is 0 Å². The van der Waals surface area contributed by atoms with Crippen LogP contribution in [0.4, 0.5) is 11.6 Å². The quantitative estimate of drug-likeness (QED) is 0.652. The Morgan fingerprint density at radius 3 is 2.72 bits per heavy atom. The third-order valence-electron chi connectivity index (χ3n) is 4.86. The average Bonchev–Trinajstić information content (AvgIpc) is 2.74. The lowest BCUT2D eigenvalue weighted by Gasteiger charge is -2.14. The topological polar surface area (TPSA) is 85.4 Å². The Hall–Kier alpha value is -3.09. The molecule has 1 heterocycles. The van der Waals surface area contributed by atoms with Crippen molar-refractivity contribution in [2.45, 2.75) is 39.0 Å². The lowest BCUT2D eigenvalue weighted by atomic mass is 9.97. The number of aryl methyl sites for hydroxylation is 1. The van der Waals surface area contributed by atoms with Gasteiger partial charge in [0.2, 0.25) is 5.95 Å². The van der Waals surface area contributed by atoms with Crippen molar-refractivity contribution in [1.82, 2.24) is 15.3 Å². The molecule has 2 aromatic rings. The minimum Gasteiger partial charge on any atom is -0.497 e. The van der Waals surface area contributed by atoms with Crippen LogP contribution < -0.4 is 20.1 Å². The molecule has 3 rings (SSSR count). The van der Waals surface area contributed by atoms with Crippen molar-refractivity contribution in [1.29, 1.82) is 0 Å². The van der Waals surface area contributed by atoms with Crippen molar-refractivity contribution >= 4 is 17.5 Å². The van der Waals surface area contributed by atoms with Crippen molar-refractivity contribution in [2.24, 2.45) is 0 Å². The highest BCUT2D eigenvalue weighted by molar-refractivity contribution is 5.92. The molecule has 0 spiro atoms. The third kappa shape index (κ3) is 5.70. The smallest absolute Gasteiger partial charge is 0.270 e. The minimum absolute atomic E-state index is 0.198. The Bertz CT molecular complexity index is 896. The van der Waals surface area contributed by atoms with Gasteiger partial charge in [0.05, 0.1) is 19.9 Å². The van der Waals surface area contributed by atoms with E-state index in [1.807, 2.05) is 19.1 Å². The molecule has 0 bridgehead atoms. The van der Waals surface area contributed by atoms with Crippen LogP contribution in [0.3, 0.4) is 0 Å². The van der Waals surface area contributed by atoms with E-state index in [9.17, 15) is 4.79 Å². The highest BCUT2D eigenvalue weighted by Crippen LogP contribution is 2.30. The number of hydrogen-bond acceptors (Lipinski definition) is 6. The molecule has 0 aliphatic heterocycles. The van der Waals surface area contributed by atoms with Gasteiger partial charge in [-0.3, -0.25) is 4.79 Å². The van der Waals surface area contributed by atoms with Gasteiger partial charge >= 0.3 is 0 Å². The summed E-state index contributed by atoms with van der Waals surface area (Å²) in [6, 6.07) is 7.09. The predicted molar refractivity (Wildman–Crippen MR) is 113 cm³/mol. The molecule has 1 aliphatic carbocycles. The largest absolute Gasteiger partial charge is 0.497 e. The molecule has 0 atom stereocenters. The second kappa shape index (κ2) is 9.91. The standard InChI is InChI=1S/C22H28N4O3/c1-15-13-19(21(27)23-12-11-16-7-5-4-6-8-16)26-22(24-15)25-18-10-9-17(28-2)14-20(18)29-3/h7,9-10,13-14H,4-6,8,11-12H2,1-3H3,(H,23,27)(H,24,25,26). The third-order valence-corrected chi connectivity index (χ3v) is 4.86. The summed E-state index contributed by atoms with van der Waals surface area (Å²) in [5, 5.41) is 6.09. The van der Waals surface area contributed by atoms with Crippen LogP contribution >= 0.6 is 0 Å². The molecule has 1 aromatic heterocycles. The Morgan fingerprint density at radius 1 is 1.14 bits per heavy atom. The number of amides is 1. The molecule has 2 N–H and O–H groups in total. The first-order valence-corrected chi connectivity index (χ1v) is 9.90. The number of aromatic nitrogens is 2. The molecule has 0 radical (unpaired) electrons. The van der Waals surface area contributed by atoms with E-state index in [-0.39, 0.29) is 5.91 Å². The molecule has 7 heteroatoms. The van der Waals surface area contributed by atoms with Crippen LogP contribution in [-0.4, -0.2) is 36.6 Å². The average molecular weight is 396 g/mol. The lowest BCUT2D eigenvalue weighted by molar-refractivity contribution is 0.0949. The van der Waals surface area contributed by atoms with Crippen LogP contribution in [0.5, 0.6) is 11.5 Å². The first-order chi connectivity index (χ1) is 14.1. The number of benzene rings is 1. The van der Waals surface area contributed by atoms with Crippen molar-refractivity contribution in [3.05, 3.63) is 47.3 Å². The summed E-state index contributed by atoms with van der Waals surface area (Å²) in [5.74, 6) is 1.43. The second-order valence-electron chi connectivity index (χ2n) is 7.02. The SMILES string of the molecule is COc1ccc(Nc2nc(C)cc(C(=O)NCCC3=CCCCC3)n2)c(OC)c1. The van der Waals surface area contributed by atoms with Gasteiger partial charge in [-0.25, -0.2) is 9.97 Å². The number of carbonyl (C=O) groups excluding carboxylic acids is 1. The van der Waals surface area contributed by atoms with E-state index >= 15 is 0 Å². The first kappa shape index (κ1) is 20.6. The van der Waals surface area contributed by atoms with Gasteiger partial charge in [-0.15, -0.1) is 0 Å². The molecular weight excluding hydrogens is 368 g/mol. The fourth-order valence-electron chi connectivity index (χ4n) is 3.32. The van der Waals surface area contributed by atoms with Gasteiger partial charge in [0.1, 0.15) is 17.2 Å². The van der Waals surface area contributed by atoms with E-state index in [0.29, 0.717) is 41.1 Å². The number of nitrogens with one attached hydrogen (secondary N) is 2. The normalized spacial score (nSPS) is 13.4. The number of ether oxygens (including phenoxy) is 2. The monoisotopic (exact) mass is 396 g/mol. The van der Waals surface area contributed by atoms with Crippen LogP contribution in [0, 0.1) is 6.92 Å². The summed E-state index contributed by atoms with van der Waals surface area (Å²) < 4.78 is 10.6. The van der Waals surface area contributed by atoms with Gasteiger partial charge in [0.25, 0.3) is 5.91 Å². The van der Waals surface area contributed by atoms with Crippen molar-refractivity contribution < 1.29 is 14.3 Å². The number of methoxy groups -OCH3 is 2. The lowest BCUT2D eigenvalue weighted by Crippen LogP contribution is -2.26. The fraction of sp³-hybridized carbons (Fsp3) is 0.409. The molecule has 0 unspecified atom stereocenters. The van der Waals surface area contributed by atoms with Gasteiger partial charge in [0, 0.05) is 18.3 Å². The van der Waals surface area contributed by atoms with Crippen molar-refractivity contribution in [2.75, 3.05) is 26.1 Å². The molecule has 7 nitrogen and oxygen atoms in total. The van der Waals surface area contributed by atoms with E-state index < -0.39 is 0 Å². The van der Waals surface area contributed by atoms with Crippen LogP contribution in [0.1, 0.15) is 48.3 Å². The molecule has 0 fully saturated rings. The van der Waals surface area contributed by atoms with Gasteiger partial charge in [-0.2, -0.15) is 0 Å². The van der Waals surface area contributed by atoms with E-state index in [4.69, 9.17) is 9.47 Å². The predicted octanol–water partition coefficient (Wildman–Crippen LogP) is 4.17. The van der Waals surface area contributed by atoms with Crippen LogP contribution in [-0.2, 0) is 0 Å². The molecule has 1 amide bonds. The van der Waals surface area contributed by atoms with Crippen molar-refractivity contribution in [3.8, 4) is 11.5 Å². The second-order valence-corrected chi connectivity index (χ2v) is 7.02. The van der Waals surface area contributed by atoms with Gasteiger partial charge in [-0.05, 0) is 57.2 Å². The van der Waals surface area contributed by atoms with E-state index in [1.54, 1.807) is 26.4 Å². The van der Waals surface area contributed by atoms with Gasteiger partial charge < -0.3 is 20.1 Å². The Morgan fingerprint density at radius 2 is 2.00 bits per heavy atom. The minimum atomic E-state index is -0.198. The maximum Gasteiger partial charge on any atom is 0.270 e. The number of anilines is 2.